The highest BCUT2D eigenvalue weighted by Crippen LogP contribution is 2.33. The van der Waals surface area contributed by atoms with Crippen molar-refractivity contribution in [1.82, 2.24) is 5.32 Å². The molecule has 3 heteroatoms. The van der Waals surface area contributed by atoms with Crippen molar-refractivity contribution < 1.29 is 0 Å². The summed E-state index contributed by atoms with van der Waals surface area (Å²) in [4.78, 5) is 1.44. The number of thiophene rings is 1. The highest BCUT2D eigenvalue weighted by atomic mass is 32.1. The van der Waals surface area contributed by atoms with E-state index in [2.05, 4.69) is 37.5 Å². The van der Waals surface area contributed by atoms with E-state index in [-0.39, 0.29) is 5.41 Å². The highest BCUT2D eigenvalue weighted by molar-refractivity contribution is 7.10. The molecule has 0 aromatic carbocycles. The summed E-state index contributed by atoms with van der Waals surface area (Å²) in [6.07, 6.45) is 1.08. The van der Waals surface area contributed by atoms with E-state index >= 15 is 0 Å². The van der Waals surface area contributed by atoms with Crippen LogP contribution in [0.25, 0.3) is 0 Å². The van der Waals surface area contributed by atoms with Crippen LogP contribution in [0.1, 0.15) is 36.8 Å². The molecule has 1 heterocycles. The van der Waals surface area contributed by atoms with Crippen LogP contribution in [0.15, 0.2) is 11.4 Å². The Kier molecular flexibility index (Phi) is 4.32. The summed E-state index contributed by atoms with van der Waals surface area (Å²) < 4.78 is 0. The summed E-state index contributed by atoms with van der Waals surface area (Å²) in [7, 11) is 2.02. The van der Waals surface area contributed by atoms with Crippen molar-refractivity contribution in [3.63, 3.8) is 0 Å². The fourth-order valence-electron chi connectivity index (χ4n) is 1.70. The molecule has 0 spiro atoms. The van der Waals surface area contributed by atoms with Gasteiger partial charge in [0.1, 0.15) is 0 Å². The van der Waals surface area contributed by atoms with E-state index in [1.807, 2.05) is 18.4 Å². The van der Waals surface area contributed by atoms with Crippen LogP contribution in [0, 0.1) is 12.3 Å². The van der Waals surface area contributed by atoms with E-state index < -0.39 is 0 Å². The Morgan fingerprint density at radius 2 is 2.20 bits per heavy atom. The van der Waals surface area contributed by atoms with Gasteiger partial charge in [0.2, 0.25) is 0 Å². The number of nitrogens with one attached hydrogen (secondary N) is 1. The van der Waals surface area contributed by atoms with Crippen molar-refractivity contribution in [3.05, 3.63) is 21.9 Å². The van der Waals surface area contributed by atoms with Crippen LogP contribution in [0.4, 0.5) is 0 Å². The van der Waals surface area contributed by atoms with Crippen molar-refractivity contribution in [3.8, 4) is 0 Å². The molecular weight excluding hydrogens is 204 g/mol. The molecule has 0 saturated heterocycles. The monoisotopic (exact) mass is 226 g/mol. The van der Waals surface area contributed by atoms with Crippen LogP contribution in [-0.2, 0) is 0 Å². The van der Waals surface area contributed by atoms with Crippen molar-refractivity contribution >= 4 is 11.3 Å². The van der Waals surface area contributed by atoms with Gasteiger partial charge in [0, 0.05) is 10.9 Å². The summed E-state index contributed by atoms with van der Waals surface area (Å²) in [5.41, 5.74) is 7.36. The first-order chi connectivity index (χ1) is 7.00. The van der Waals surface area contributed by atoms with Crippen molar-refractivity contribution in [1.29, 1.82) is 0 Å². The second-order valence-electron chi connectivity index (χ2n) is 4.88. The molecule has 0 aliphatic rings. The minimum Gasteiger partial charge on any atom is -0.330 e. The third kappa shape index (κ3) is 3.30. The third-order valence-electron chi connectivity index (χ3n) is 2.88. The fraction of sp³-hybridized carbons (Fsp3) is 0.667. The quantitative estimate of drug-likeness (QED) is 0.810. The summed E-state index contributed by atoms with van der Waals surface area (Å²) in [6, 6.07) is 2.61. The van der Waals surface area contributed by atoms with Crippen molar-refractivity contribution in [2.75, 3.05) is 13.6 Å². The summed E-state index contributed by atoms with van der Waals surface area (Å²) >= 11 is 1.83. The zero-order valence-electron chi connectivity index (χ0n) is 10.1. The van der Waals surface area contributed by atoms with Crippen molar-refractivity contribution in [2.45, 2.75) is 33.2 Å². The molecule has 0 bridgehead atoms. The van der Waals surface area contributed by atoms with E-state index in [4.69, 9.17) is 5.73 Å². The number of rotatable bonds is 5. The lowest BCUT2D eigenvalue weighted by atomic mass is 9.85. The number of aryl methyl sites for hydroxylation is 1. The predicted molar refractivity (Wildman–Crippen MR) is 68.3 cm³/mol. The summed E-state index contributed by atoms with van der Waals surface area (Å²) in [5.74, 6) is 0. The molecule has 0 saturated carbocycles. The molecule has 0 fully saturated rings. The Labute approximate surface area is 96.9 Å². The second kappa shape index (κ2) is 5.10. The largest absolute Gasteiger partial charge is 0.330 e. The van der Waals surface area contributed by atoms with E-state index in [0.29, 0.717) is 6.04 Å². The molecule has 1 atom stereocenters. The van der Waals surface area contributed by atoms with Gasteiger partial charge in [-0.3, -0.25) is 0 Å². The number of hydrogen-bond acceptors (Lipinski definition) is 3. The van der Waals surface area contributed by atoms with E-state index in [1.54, 1.807) is 0 Å². The van der Waals surface area contributed by atoms with Crippen LogP contribution in [0.2, 0.25) is 0 Å². The average Bonchev–Trinajstić information content (AvgIpc) is 2.61. The molecule has 0 aliphatic heterocycles. The lowest BCUT2D eigenvalue weighted by Gasteiger charge is -2.28. The molecule has 15 heavy (non-hydrogen) atoms. The van der Waals surface area contributed by atoms with E-state index in [1.165, 1.54) is 10.4 Å². The Hall–Kier alpha value is -0.380. The SMILES string of the molecule is CNC(CC(C)(C)CN)c1sccc1C. The molecule has 0 amide bonds. The van der Waals surface area contributed by atoms with Crippen LogP contribution < -0.4 is 11.1 Å². The zero-order valence-corrected chi connectivity index (χ0v) is 10.9. The van der Waals surface area contributed by atoms with Gasteiger partial charge in [-0.15, -0.1) is 11.3 Å². The molecule has 3 N–H and O–H groups in total. The van der Waals surface area contributed by atoms with Gasteiger partial charge in [-0.25, -0.2) is 0 Å². The van der Waals surface area contributed by atoms with Gasteiger partial charge in [0.15, 0.2) is 0 Å². The lowest BCUT2D eigenvalue weighted by Crippen LogP contribution is -2.30. The maximum atomic E-state index is 5.78. The molecule has 1 aromatic rings. The Balaban J connectivity index is 2.77. The molecular formula is C12H22N2S. The molecule has 1 unspecified atom stereocenters. The highest BCUT2D eigenvalue weighted by Gasteiger charge is 2.23. The number of nitrogens with two attached hydrogens (primary N) is 1. The van der Waals surface area contributed by atoms with Gasteiger partial charge >= 0.3 is 0 Å². The van der Waals surface area contributed by atoms with Crippen LogP contribution in [0.5, 0.6) is 0 Å². The van der Waals surface area contributed by atoms with Gasteiger partial charge in [-0.1, -0.05) is 13.8 Å². The lowest BCUT2D eigenvalue weighted by molar-refractivity contribution is 0.300. The Bertz CT molecular complexity index is 304. The molecule has 0 radical (unpaired) electrons. The minimum absolute atomic E-state index is 0.199. The standard InChI is InChI=1S/C12H22N2S/c1-9-5-6-15-11(9)10(14-4)7-12(2,3)8-13/h5-6,10,14H,7-8,13H2,1-4H3. The third-order valence-corrected chi connectivity index (χ3v) is 4.01. The van der Waals surface area contributed by atoms with Gasteiger partial charge in [-0.2, -0.15) is 0 Å². The fourth-order valence-corrected chi connectivity index (χ4v) is 2.74. The average molecular weight is 226 g/mol. The molecule has 1 aromatic heterocycles. The van der Waals surface area contributed by atoms with Gasteiger partial charge in [0.05, 0.1) is 0 Å². The smallest absolute Gasteiger partial charge is 0.0420 e. The van der Waals surface area contributed by atoms with Gasteiger partial charge in [-0.05, 0) is 49.4 Å². The second-order valence-corrected chi connectivity index (χ2v) is 5.83. The van der Waals surface area contributed by atoms with Gasteiger partial charge < -0.3 is 11.1 Å². The topological polar surface area (TPSA) is 38.0 Å². The van der Waals surface area contributed by atoms with E-state index in [9.17, 15) is 0 Å². The summed E-state index contributed by atoms with van der Waals surface area (Å²) in [5, 5.41) is 5.55. The molecule has 2 nitrogen and oxygen atoms in total. The Morgan fingerprint density at radius 1 is 1.53 bits per heavy atom. The maximum absolute atomic E-state index is 5.78. The molecule has 86 valence electrons. The number of hydrogen-bond donors (Lipinski definition) is 2. The first kappa shape index (κ1) is 12.7. The van der Waals surface area contributed by atoms with Crippen LogP contribution in [-0.4, -0.2) is 13.6 Å². The molecule has 0 aliphatic carbocycles. The van der Waals surface area contributed by atoms with Crippen LogP contribution >= 0.6 is 11.3 Å². The van der Waals surface area contributed by atoms with Crippen molar-refractivity contribution in [2.24, 2.45) is 11.1 Å². The van der Waals surface area contributed by atoms with Crippen LogP contribution in [0.3, 0.4) is 0 Å². The minimum atomic E-state index is 0.199. The summed E-state index contributed by atoms with van der Waals surface area (Å²) in [6.45, 7) is 7.35. The zero-order chi connectivity index (χ0) is 11.5. The Morgan fingerprint density at radius 3 is 2.60 bits per heavy atom. The maximum Gasteiger partial charge on any atom is 0.0420 e. The predicted octanol–water partition coefficient (Wildman–Crippen LogP) is 2.69. The first-order valence-corrected chi connectivity index (χ1v) is 6.29. The normalized spacial score (nSPS) is 14.2. The van der Waals surface area contributed by atoms with E-state index in [0.717, 1.165) is 13.0 Å². The first-order valence-electron chi connectivity index (χ1n) is 5.41. The molecule has 1 rings (SSSR count). The van der Waals surface area contributed by atoms with Gasteiger partial charge in [0.25, 0.3) is 0 Å².